The van der Waals surface area contributed by atoms with Crippen molar-refractivity contribution in [3.63, 3.8) is 0 Å². The summed E-state index contributed by atoms with van der Waals surface area (Å²) in [6.07, 6.45) is 0. The summed E-state index contributed by atoms with van der Waals surface area (Å²) in [5, 5.41) is 2.77. The molecule has 1 N–H and O–H groups in total. The van der Waals surface area contributed by atoms with E-state index in [2.05, 4.69) is 21.2 Å². The van der Waals surface area contributed by atoms with Crippen LogP contribution in [0.15, 0.2) is 28.7 Å². The van der Waals surface area contributed by atoms with E-state index in [1.165, 1.54) is 0 Å². The highest BCUT2D eigenvalue weighted by Crippen LogP contribution is 2.11. The number of hydrogen-bond acceptors (Lipinski definition) is 3. The van der Waals surface area contributed by atoms with Crippen molar-refractivity contribution in [1.29, 1.82) is 0 Å². The fourth-order valence-corrected chi connectivity index (χ4v) is 1.53. The van der Waals surface area contributed by atoms with Gasteiger partial charge in [-0.25, -0.2) is 4.79 Å². The van der Waals surface area contributed by atoms with Crippen LogP contribution < -0.4 is 5.32 Å². The van der Waals surface area contributed by atoms with E-state index in [4.69, 9.17) is 4.74 Å². The third-order valence-corrected chi connectivity index (χ3v) is 3.33. The topological polar surface area (TPSA) is 55.4 Å². The second kappa shape index (κ2) is 7.28. The second-order valence-electron chi connectivity index (χ2n) is 4.68. The lowest BCUT2D eigenvalue weighted by Gasteiger charge is -2.17. The van der Waals surface area contributed by atoms with Gasteiger partial charge in [0.1, 0.15) is 0 Å². The molecule has 0 bridgehead atoms. The van der Waals surface area contributed by atoms with Crippen molar-refractivity contribution in [1.82, 2.24) is 5.32 Å². The number of nitrogens with one attached hydrogen (secondary N) is 1. The number of carbonyl (C=O) groups excluding carboxylic acids is 2. The van der Waals surface area contributed by atoms with Crippen LogP contribution in [0.5, 0.6) is 0 Å². The van der Waals surface area contributed by atoms with Crippen molar-refractivity contribution in [2.24, 2.45) is 5.92 Å². The first-order valence-corrected chi connectivity index (χ1v) is 6.91. The fraction of sp³-hybridized carbons (Fsp3) is 0.429. The SMILES string of the molecule is CC(C)[C@@H](C)NC(=O)COC(=O)c1ccc(Br)cc1. The normalized spacial score (nSPS) is 12.1. The number of halogens is 1. The van der Waals surface area contributed by atoms with Crippen LogP contribution in [-0.2, 0) is 9.53 Å². The van der Waals surface area contributed by atoms with Crippen LogP contribution in [-0.4, -0.2) is 24.5 Å². The standard InChI is InChI=1S/C14H18BrNO3/c1-9(2)10(3)16-13(17)8-19-14(18)11-4-6-12(15)7-5-11/h4-7,9-10H,8H2,1-3H3,(H,16,17)/t10-/m1/s1. The molecule has 5 heteroatoms. The maximum atomic E-state index is 11.7. The molecule has 1 amide bonds. The summed E-state index contributed by atoms with van der Waals surface area (Å²) >= 11 is 3.28. The molecule has 19 heavy (non-hydrogen) atoms. The fourth-order valence-electron chi connectivity index (χ4n) is 1.26. The summed E-state index contributed by atoms with van der Waals surface area (Å²) in [5.74, 6) is -0.447. The Balaban J connectivity index is 2.42. The summed E-state index contributed by atoms with van der Waals surface area (Å²) in [6, 6.07) is 6.83. The van der Waals surface area contributed by atoms with Crippen LogP contribution in [0.4, 0.5) is 0 Å². The minimum atomic E-state index is -0.500. The molecule has 0 aliphatic heterocycles. The van der Waals surface area contributed by atoms with Crippen molar-refractivity contribution < 1.29 is 14.3 Å². The molecule has 0 unspecified atom stereocenters. The van der Waals surface area contributed by atoms with E-state index >= 15 is 0 Å². The van der Waals surface area contributed by atoms with Gasteiger partial charge in [0.15, 0.2) is 6.61 Å². The highest BCUT2D eigenvalue weighted by atomic mass is 79.9. The Labute approximate surface area is 121 Å². The summed E-state index contributed by atoms with van der Waals surface area (Å²) < 4.78 is 5.83. The predicted molar refractivity (Wildman–Crippen MR) is 76.9 cm³/mol. The Morgan fingerprint density at radius 2 is 1.79 bits per heavy atom. The van der Waals surface area contributed by atoms with E-state index in [1.54, 1.807) is 24.3 Å². The first-order valence-electron chi connectivity index (χ1n) is 6.12. The lowest BCUT2D eigenvalue weighted by atomic mass is 10.1. The van der Waals surface area contributed by atoms with Gasteiger partial charge in [0.25, 0.3) is 5.91 Å². The highest BCUT2D eigenvalue weighted by molar-refractivity contribution is 9.10. The van der Waals surface area contributed by atoms with Gasteiger partial charge in [0.05, 0.1) is 5.56 Å². The van der Waals surface area contributed by atoms with E-state index in [9.17, 15) is 9.59 Å². The minimum Gasteiger partial charge on any atom is -0.452 e. The molecule has 1 aromatic carbocycles. The van der Waals surface area contributed by atoms with E-state index in [1.807, 2.05) is 20.8 Å². The maximum absolute atomic E-state index is 11.7. The number of rotatable bonds is 5. The molecule has 0 spiro atoms. The zero-order valence-corrected chi connectivity index (χ0v) is 12.9. The third-order valence-electron chi connectivity index (χ3n) is 2.80. The van der Waals surface area contributed by atoms with Crippen molar-refractivity contribution in [2.45, 2.75) is 26.8 Å². The van der Waals surface area contributed by atoms with Crippen LogP contribution in [0.2, 0.25) is 0 Å². The molecule has 0 heterocycles. The zero-order valence-electron chi connectivity index (χ0n) is 11.3. The Kier molecular flexibility index (Phi) is 6.02. The van der Waals surface area contributed by atoms with Gasteiger partial charge in [-0.1, -0.05) is 29.8 Å². The van der Waals surface area contributed by atoms with Gasteiger partial charge in [-0.2, -0.15) is 0 Å². The van der Waals surface area contributed by atoms with Crippen molar-refractivity contribution in [2.75, 3.05) is 6.61 Å². The van der Waals surface area contributed by atoms with E-state index in [-0.39, 0.29) is 18.6 Å². The Morgan fingerprint density at radius 1 is 1.21 bits per heavy atom. The maximum Gasteiger partial charge on any atom is 0.338 e. The minimum absolute atomic E-state index is 0.0545. The number of ether oxygens (including phenoxy) is 1. The molecule has 0 saturated heterocycles. The molecule has 4 nitrogen and oxygen atoms in total. The summed E-state index contributed by atoms with van der Waals surface area (Å²) in [5.41, 5.74) is 0.424. The first-order chi connectivity index (χ1) is 8.90. The average Bonchev–Trinajstić information content (AvgIpc) is 2.36. The monoisotopic (exact) mass is 327 g/mol. The van der Waals surface area contributed by atoms with Crippen LogP contribution in [0.3, 0.4) is 0 Å². The lowest BCUT2D eigenvalue weighted by Crippen LogP contribution is -2.38. The van der Waals surface area contributed by atoms with Gasteiger partial charge in [-0.05, 0) is 37.1 Å². The zero-order chi connectivity index (χ0) is 14.4. The lowest BCUT2D eigenvalue weighted by molar-refractivity contribution is -0.125. The van der Waals surface area contributed by atoms with Gasteiger partial charge >= 0.3 is 5.97 Å². The Bertz CT molecular complexity index is 443. The second-order valence-corrected chi connectivity index (χ2v) is 5.60. The molecule has 0 aliphatic carbocycles. The first kappa shape index (κ1) is 15.7. The summed E-state index contributed by atoms with van der Waals surface area (Å²) in [7, 11) is 0. The van der Waals surface area contributed by atoms with Crippen LogP contribution in [0.25, 0.3) is 0 Å². The van der Waals surface area contributed by atoms with E-state index in [0.717, 1.165) is 4.47 Å². The molecule has 104 valence electrons. The van der Waals surface area contributed by atoms with Gasteiger partial charge < -0.3 is 10.1 Å². The molecular weight excluding hydrogens is 310 g/mol. The Hall–Kier alpha value is -1.36. The van der Waals surface area contributed by atoms with Crippen molar-refractivity contribution in [3.05, 3.63) is 34.3 Å². The van der Waals surface area contributed by atoms with E-state index < -0.39 is 5.97 Å². The van der Waals surface area contributed by atoms with Crippen LogP contribution in [0.1, 0.15) is 31.1 Å². The molecule has 0 aliphatic rings. The quantitative estimate of drug-likeness (QED) is 0.846. The molecule has 1 rings (SSSR count). The molecule has 1 atom stereocenters. The van der Waals surface area contributed by atoms with Gasteiger partial charge in [-0.3, -0.25) is 4.79 Å². The number of carbonyl (C=O) groups is 2. The summed E-state index contributed by atoms with van der Waals surface area (Å²) in [4.78, 5) is 23.2. The van der Waals surface area contributed by atoms with Gasteiger partial charge in [-0.15, -0.1) is 0 Å². The molecule has 0 fully saturated rings. The van der Waals surface area contributed by atoms with Gasteiger partial charge in [0, 0.05) is 10.5 Å². The number of amides is 1. The average molecular weight is 328 g/mol. The number of hydrogen-bond donors (Lipinski definition) is 1. The predicted octanol–water partition coefficient (Wildman–Crippen LogP) is 2.77. The third kappa shape index (κ3) is 5.42. The molecular formula is C14H18BrNO3. The largest absolute Gasteiger partial charge is 0.452 e. The smallest absolute Gasteiger partial charge is 0.338 e. The molecule has 0 aromatic heterocycles. The highest BCUT2D eigenvalue weighted by Gasteiger charge is 2.13. The van der Waals surface area contributed by atoms with Crippen LogP contribution >= 0.6 is 15.9 Å². The van der Waals surface area contributed by atoms with Gasteiger partial charge in [0.2, 0.25) is 0 Å². The summed E-state index contributed by atoms with van der Waals surface area (Å²) in [6.45, 7) is 5.68. The Morgan fingerprint density at radius 3 is 2.32 bits per heavy atom. The van der Waals surface area contributed by atoms with E-state index in [0.29, 0.717) is 11.5 Å². The number of benzene rings is 1. The molecule has 0 saturated carbocycles. The van der Waals surface area contributed by atoms with Crippen molar-refractivity contribution >= 4 is 27.8 Å². The van der Waals surface area contributed by atoms with Crippen LogP contribution in [0, 0.1) is 5.92 Å². The molecule has 1 aromatic rings. The van der Waals surface area contributed by atoms with Crippen molar-refractivity contribution in [3.8, 4) is 0 Å². The number of esters is 1. The molecule has 0 radical (unpaired) electrons.